The number of para-hydroxylation sites is 2. The highest BCUT2D eigenvalue weighted by atomic mass is 127. The van der Waals surface area contributed by atoms with Crippen LogP contribution in [0.1, 0.15) is 26.5 Å². The molecule has 0 atom stereocenters. The van der Waals surface area contributed by atoms with E-state index in [0.29, 0.717) is 11.5 Å². The molecular formula is C14H17IN4O2. The monoisotopic (exact) mass is 400 g/mol. The Morgan fingerprint density at radius 3 is 2.57 bits per heavy atom. The summed E-state index contributed by atoms with van der Waals surface area (Å²) < 4.78 is 2.31. The van der Waals surface area contributed by atoms with Crippen molar-refractivity contribution in [3.63, 3.8) is 0 Å². The van der Waals surface area contributed by atoms with E-state index >= 15 is 0 Å². The molecule has 0 radical (unpaired) electrons. The van der Waals surface area contributed by atoms with Crippen LogP contribution in [0.25, 0.3) is 5.69 Å². The first kappa shape index (κ1) is 15.7. The van der Waals surface area contributed by atoms with E-state index in [0.717, 1.165) is 15.7 Å². The van der Waals surface area contributed by atoms with Crippen molar-refractivity contribution < 1.29 is 4.92 Å². The molecule has 21 heavy (non-hydrogen) atoms. The number of nitro groups is 1. The Labute approximate surface area is 136 Å². The van der Waals surface area contributed by atoms with Gasteiger partial charge in [-0.05, 0) is 40.5 Å². The van der Waals surface area contributed by atoms with Crippen LogP contribution < -0.4 is 5.73 Å². The van der Waals surface area contributed by atoms with Crippen LogP contribution in [-0.4, -0.2) is 14.7 Å². The van der Waals surface area contributed by atoms with Gasteiger partial charge in [0.05, 0.1) is 14.2 Å². The van der Waals surface area contributed by atoms with Gasteiger partial charge in [0, 0.05) is 6.07 Å². The van der Waals surface area contributed by atoms with E-state index < -0.39 is 4.92 Å². The molecule has 0 unspecified atom stereocenters. The molecule has 0 bridgehead atoms. The predicted octanol–water partition coefficient (Wildman–Crippen LogP) is 3.56. The van der Waals surface area contributed by atoms with Gasteiger partial charge in [-0.15, -0.1) is 0 Å². The Morgan fingerprint density at radius 1 is 1.38 bits per heavy atom. The van der Waals surface area contributed by atoms with E-state index in [1.807, 2.05) is 0 Å². The number of hydrogen-bond donors (Lipinski definition) is 1. The quantitative estimate of drug-likeness (QED) is 0.485. The lowest BCUT2D eigenvalue weighted by Gasteiger charge is -2.16. The van der Waals surface area contributed by atoms with E-state index in [1.54, 1.807) is 18.2 Å². The normalized spacial score (nSPS) is 11.6. The van der Waals surface area contributed by atoms with E-state index in [4.69, 9.17) is 5.73 Å². The fourth-order valence-corrected chi connectivity index (χ4v) is 2.58. The van der Waals surface area contributed by atoms with E-state index in [-0.39, 0.29) is 11.1 Å². The topological polar surface area (TPSA) is 87.0 Å². The number of aromatic nitrogens is 2. The molecule has 112 valence electrons. The molecule has 0 saturated carbocycles. The van der Waals surface area contributed by atoms with Gasteiger partial charge in [0.15, 0.2) is 0 Å². The third kappa shape index (κ3) is 3.34. The van der Waals surface area contributed by atoms with Gasteiger partial charge in [-0.3, -0.25) is 10.1 Å². The van der Waals surface area contributed by atoms with E-state index in [2.05, 4.69) is 48.5 Å². The molecule has 0 aliphatic heterocycles. The molecule has 2 aromatic rings. The van der Waals surface area contributed by atoms with E-state index in [9.17, 15) is 10.1 Å². The molecule has 1 aromatic carbocycles. The molecule has 0 fully saturated rings. The molecule has 0 saturated heterocycles. The van der Waals surface area contributed by atoms with Gasteiger partial charge >= 0.3 is 0 Å². The fraction of sp³-hybridized carbons (Fsp3) is 0.357. The van der Waals surface area contributed by atoms with Crippen molar-refractivity contribution >= 4 is 34.1 Å². The van der Waals surface area contributed by atoms with Crippen LogP contribution >= 0.6 is 22.6 Å². The van der Waals surface area contributed by atoms with Crippen molar-refractivity contribution in [2.24, 2.45) is 5.41 Å². The molecule has 0 aliphatic carbocycles. The Balaban J connectivity index is 2.56. The summed E-state index contributed by atoms with van der Waals surface area (Å²) in [6, 6.07) is 6.47. The van der Waals surface area contributed by atoms with Crippen LogP contribution in [0.15, 0.2) is 24.3 Å². The molecule has 1 aromatic heterocycles. The largest absolute Gasteiger partial charge is 0.383 e. The van der Waals surface area contributed by atoms with Gasteiger partial charge < -0.3 is 5.73 Å². The molecular weight excluding hydrogens is 383 g/mol. The first-order valence-electron chi connectivity index (χ1n) is 6.47. The van der Waals surface area contributed by atoms with Crippen LogP contribution in [0, 0.1) is 19.1 Å². The summed E-state index contributed by atoms with van der Waals surface area (Å²) >= 11 is 2.14. The van der Waals surface area contributed by atoms with Crippen molar-refractivity contribution in [1.29, 1.82) is 0 Å². The van der Waals surface area contributed by atoms with Crippen LogP contribution in [0.4, 0.5) is 11.5 Å². The molecule has 0 spiro atoms. The summed E-state index contributed by atoms with van der Waals surface area (Å²) in [6.07, 6.45) is 0.753. The molecule has 0 amide bonds. The average Bonchev–Trinajstić information content (AvgIpc) is 2.65. The zero-order valence-electron chi connectivity index (χ0n) is 12.1. The fourth-order valence-electron chi connectivity index (χ4n) is 2.06. The van der Waals surface area contributed by atoms with Gasteiger partial charge in [0.1, 0.15) is 11.5 Å². The van der Waals surface area contributed by atoms with Crippen LogP contribution in [0.5, 0.6) is 0 Å². The lowest BCUT2D eigenvalue weighted by Crippen LogP contribution is -2.11. The molecule has 0 aliphatic rings. The minimum absolute atomic E-state index is 0.00888. The Morgan fingerprint density at radius 2 is 2.00 bits per heavy atom. The number of anilines is 1. The lowest BCUT2D eigenvalue weighted by molar-refractivity contribution is -0.384. The number of nitrogen functional groups attached to an aromatic ring is 1. The van der Waals surface area contributed by atoms with Crippen LogP contribution in [0.2, 0.25) is 0 Å². The average molecular weight is 400 g/mol. The number of halogens is 1. The number of rotatable bonds is 3. The number of nitrogens with two attached hydrogens (primary N) is 1. The number of hydrogen-bond acceptors (Lipinski definition) is 4. The third-order valence-electron chi connectivity index (χ3n) is 2.93. The molecule has 6 nitrogen and oxygen atoms in total. The summed E-state index contributed by atoms with van der Waals surface area (Å²) in [6.45, 7) is 6.34. The van der Waals surface area contributed by atoms with Gasteiger partial charge in [-0.2, -0.15) is 5.10 Å². The van der Waals surface area contributed by atoms with Gasteiger partial charge in [0.25, 0.3) is 5.69 Å². The summed E-state index contributed by atoms with van der Waals surface area (Å²) in [4.78, 5) is 10.7. The number of nitrogens with zero attached hydrogens (tertiary/aromatic N) is 3. The van der Waals surface area contributed by atoms with Gasteiger partial charge in [-0.25, -0.2) is 4.68 Å². The molecule has 7 heteroatoms. The number of nitro benzene ring substituents is 1. The maximum atomic E-state index is 11.1. The minimum Gasteiger partial charge on any atom is -0.383 e. The van der Waals surface area contributed by atoms with Crippen molar-refractivity contribution in [2.45, 2.75) is 27.2 Å². The second kappa shape index (κ2) is 5.63. The van der Waals surface area contributed by atoms with Gasteiger partial charge in [0.2, 0.25) is 0 Å². The van der Waals surface area contributed by atoms with Crippen molar-refractivity contribution in [1.82, 2.24) is 9.78 Å². The zero-order valence-corrected chi connectivity index (χ0v) is 14.3. The first-order chi connectivity index (χ1) is 9.70. The van der Waals surface area contributed by atoms with E-state index in [1.165, 1.54) is 10.7 Å². The maximum absolute atomic E-state index is 11.1. The molecule has 2 N–H and O–H groups in total. The number of benzene rings is 1. The lowest BCUT2D eigenvalue weighted by atomic mass is 9.91. The Kier molecular flexibility index (Phi) is 4.22. The minimum atomic E-state index is -0.424. The summed E-state index contributed by atoms with van der Waals surface area (Å²) in [5.41, 5.74) is 7.40. The smallest absolute Gasteiger partial charge is 0.294 e. The third-order valence-corrected chi connectivity index (χ3v) is 4.11. The second-order valence-corrected chi connectivity index (χ2v) is 7.12. The first-order valence-corrected chi connectivity index (χ1v) is 7.55. The SMILES string of the molecule is CC(C)(C)Cc1nn(-c2ccccc2[N+](=O)[O-])c(N)c1I. The highest BCUT2D eigenvalue weighted by molar-refractivity contribution is 14.1. The summed E-state index contributed by atoms with van der Waals surface area (Å²) in [7, 11) is 0. The highest BCUT2D eigenvalue weighted by Gasteiger charge is 2.23. The van der Waals surface area contributed by atoms with Gasteiger partial charge in [-0.1, -0.05) is 32.9 Å². The van der Waals surface area contributed by atoms with Crippen molar-refractivity contribution in [3.05, 3.63) is 43.6 Å². The highest BCUT2D eigenvalue weighted by Crippen LogP contribution is 2.31. The van der Waals surface area contributed by atoms with Crippen LogP contribution in [0.3, 0.4) is 0 Å². The second-order valence-electron chi connectivity index (χ2n) is 6.04. The van der Waals surface area contributed by atoms with Crippen molar-refractivity contribution in [3.8, 4) is 5.69 Å². The molecule has 1 heterocycles. The summed E-state index contributed by atoms with van der Waals surface area (Å²) in [5.74, 6) is 0.434. The summed E-state index contributed by atoms with van der Waals surface area (Å²) in [5, 5.41) is 15.6. The Bertz CT molecular complexity index is 689. The maximum Gasteiger partial charge on any atom is 0.294 e. The standard InChI is InChI=1S/C14H17IN4O2/c1-14(2,3)8-9-12(15)13(16)18(17-9)10-6-4-5-7-11(10)19(20)21/h4-7H,8,16H2,1-3H3. The molecule has 2 rings (SSSR count). The zero-order chi connectivity index (χ0) is 15.8. The van der Waals surface area contributed by atoms with Crippen LogP contribution in [-0.2, 0) is 6.42 Å². The predicted molar refractivity (Wildman–Crippen MR) is 90.5 cm³/mol. The Hall–Kier alpha value is -1.64. The van der Waals surface area contributed by atoms with Crippen molar-refractivity contribution in [2.75, 3.05) is 5.73 Å².